The molecule has 144 valence electrons. The van der Waals surface area contributed by atoms with Gasteiger partial charge in [0.15, 0.2) is 0 Å². The number of fused-ring (bicyclic) bond motifs is 1. The van der Waals surface area contributed by atoms with E-state index in [1.165, 1.54) is 18.5 Å². The molecule has 8 heteroatoms. The highest BCUT2D eigenvalue weighted by Gasteiger charge is 2.22. The number of benzene rings is 1. The Morgan fingerprint density at radius 1 is 1.14 bits per heavy atom. The number of pyridine rings is 1. The van der Waals surface area contributed by atoms with Crippen LogP contribution in [0, 0.1) is 12.7 Å². The summed E-state index contributed by atoms with van der Waals surface area (Å²) >= 11 is 0. The molecule has 0 bridgehead atoms. The van der Waals surface area contributed by atoms with Crippen molar-refractivity contribution < 1.29 is 9.18 Å². The molecule has 1 aromatic carbocycles. The quantitative estimate of drug-likeness (QED) is 0.732. The predicted molar refractivity (Wildman–Crippen MR) is 104 cm³/mol. The Balaban J connectivity index is 1.65. The Labute approximate surface area is 160 Å². The molecule has 3 aromatic rings. The minimum absolute atomic E-state index is 0.0338. The highest BCUT2D eigenvalue weighted by molar-refractivity contribution is 5.91. The molecule has 1 saturated heterocycles. The topological polar surface area (TPSA) is 82.2 Å². The molecule has 0 spiro atoms. The van der Waals surface area contributed by atoms with E-state index in [9.17, 15) is 14.0 Å². The molecule has 1 amide bonds. The normalized spacial score (nSPS) is 15.2. The molecular formula is C20H20FN5O2. The Morgan fingerprint density at radius 3 is 2.50 bits per heavy atom. The lowest BCUT2D eigenvalue weighted by Crippen LogP contribution is -2.47. The fourth-order valence-corrected chi connectivity index (χ4v) is 3.36. The Bertz CT molecular complexity index is 1100. The number of H-pyrrole nitrogens is 1. The average Bonchev–Trinajstić information content (AvgIpc) is 2.70. The van der Waals surface area contributed by atoms with E-state index in [0.717, 1.165) is 18.7 Å². The van der Waals surface area contributed by atoms with Crippen LogP contribution in [0.1, 0.15) is 16.2 Å². The van der Waals surface area contributed by atoms with Crippen molar-refractivity contribution in [3.63, 3.8) is 0 Å². The fraction of sp³-hybridized carbons (Fsp3) is 0.300. The number of nitrogens with one attached hydrogen (secondary N) is 1. The monoisotopic (exact) mass is 381 g/mol. The number of likely N-dealkylation sites (N-methyl/N-ethyl adjacent to an activating group) is 1. The summed E-state index contributed by atoms with van der Waals surface area (Å²) in [5, 5.41) is 0.572. The molecule has 3 heterocycles. The smallest absolute Gasteiger partial charge is 0.291 e. The zero-order chi connectivity index (χ0) is 19.8. The van der Waals surface area contributed by atoms with Gasteiger partial charge in [-0.3, -0.25) is 9.59 Å². The summed E-state index contributed by atoms with van der Waals surface area (Å²) in [5.41, 5.74) is 1.32. The summed E-state index contributed by atoms with van der Waals surface area (Å²) in [6.45, 7) is 4.74. The number of aryl methyl sites for hydroxylation is 1. The number of halogens is 1. The van der Waals surface area contributed by atoms with Crippen LogP contribution in [-0.4, -0.2) is 63.9 Å². The second-order valence-corrected chi connectivity index (χ2v) is 7.06. The number of hydrogen-bond acceptors (Lipinski definition) is 5. The molecule has 1 fully saturated rings. The largest absolute Gasteiger partial charge is 0.333 e. The summed E-state index contributed by atoms with van der Waals surface area (Å²) < 4.78 is 14.0. The van der Waals surface area contributed by atoms with Crippen LogP contribution in [0.3, 0.4) is 0 Å². The van der Waals surface area contributed by atoms with Gasteiger partial charge in [-0.05, 0) is 37.1 Å². The predicted octanol–water partition coefficient (Wildman–Crippen LogP) is 1.82. The van der Waals surface area contributed by atoms with Gasteiger partial charge >= 0.3 is 0 Å². The second kappa shape index (κ2) is 7.12. The van der Waals surface area contributed by atoms with E-state index in [0.29, 0.717) is 29.7 Å². The van der Waals surface area contributed by atoms with Gasteiger partial charge < -0.3 is 14.8 Å². The average molecular weight is 381 g/mol. The van der Waals surface area contributed by atoms with Crippen LogP contribution in [0.5, 0.6) is 0 Å². The highest BCUT2D eigenvalue weighted by atomic mass is 19.1. The van der Waals surface area contributed by atoms with Crippen LogP contribution in [0.2, 0.25) is 0 Å². The van der Waals surface area contributed by atoms with Gasteiger partial charge in [0, 0.05) is 44.1 Å². The number of piperazine rings is 1. The van der Waals surface area contributed by atoms with Crippen molar-refractivity contribution >= 4 is 16.7 Å². The van der Waals surface area contributed by atoms with E-state index < -0.39 is 11.4 Å². The van der Waals surface area contributed by atoms with Gasteiger partial charge in [-0.1, -0.05) is 6.07 Å². The number of amides is 1. The number of carbonyl (C=O) groups excluding carboxylic acids is 1. The first kappa shape index (κ1) is 18.2. The highest BCUT2D eigenvalue weighted by Crippen LogP contribution is 2.23. The van der Waals surface area contributed by atoms with E-state index in [2.05, 4.69) is 19.9 Å². The number of carbonyl (C=O) groups is 1. The zero-order valence-corrected chi connectivity index (χ0v) is 15.7. The van der Waals surface area contributed by atoms with Gasteiger partial charge in [0.1, 0.15) is 5.82 Å². The summed E-state index contributed by atoms with van der Waals surface area (Å²) in [4.78, 5) is 39.8. The van der Waals surface area contributed by atoms with E-state index >= 15 is 0 Å². The number of aromatic amines is 1. The van der Waals surface area contributed by atoms with Gasteiger partial charge in [0.2, 0.25) is 5.82 Å². The molecule has 1 aliphatic rings. The van der Waals surface area contributed by atoms with Crippen molar-refractivity contribution in [1.82, 2.24) is 24.8 Å². The van der Waals surface area contributed by atoms with Crippen molar-refractivity contribution in [1.29, 1.82) is 0 Å². The van der Waals surface area contributed by atoms with E-state index in [1.54, 1.807) is 17.0 Å². The van der Waals surface area contributed by atoms with E-state index in [4.69, 9.17) is 0 Å². The lowest BCUT2D eigenvalue weighted by Gasteiger charge is -2.31. The van der Waals surface area contributed by atoms with Crippen LogP contribution in [0.4, 0.5) is 4.39 Å². The molecule has 2 aromatic heterocycles. The Hall–Kier alpha value is -3.13. The maximum Gasteiger partial charge on any atom is 0.291 e. The fourth-order valence-electron chi connectivity index (χ4n) is 3.36. The van der Waals surface area contributed by atoms with Crippen molar-refractivity contribution in [3.8, 4) is 11.3 Å². The molecule has 4 rings (SSSR count). The van der Waals surface area contributed by atoms with Gasteiger partial charge in [-0.2, -0.15) is 0 Å². The molecular weight excluding hydrogens is 361 g/mol. The van der Waals surface area contributed by atoms with E-state index in [-0.39, 0.29) is 17.1 Å². The number of aromatic nitrogens is 3. The lowest BCUT2D eigenvalue weighted by atomic mass is 10.0. The van der Waals surface area contributed by atoms with E-state index in [1.807, 2.05) is 14.0 Å². The van der Waals surface area contributed by atoms with Gasteiger partial charge in [0.05, 0.1) is 11.1 Å². The Morgan fingerprint density at radius 2 is 1.82 bits per heavy atom. The molecule has 0 unspecified atom stereocenters. The van der Waals surface area contributed by atoms with Crippen molar-refractivity contribution in [2.45, 2.75) is 6.92 Å². The maximum atomic E-state index is 14.0. The van der Waals surface area contributed by atoms with Gasteiger partial charge in [-0.25, -0.2) is 14.4 Å². The molecule has 0 radical (unpaired) electrons. The minimum Gasteiger partial charge on any atom is -0.333 e. The van der Waals surface area contributed by atoms with Crippen LogP contribution < -0.4 is 5.56 Å². The second-order valence-electron chi connectivity index (χ2n) is 7.06. The third-order valence-electron chi connectivity index (χ3n) is 5.12. The molecule has 7 nitrogen and oxygen atoms in total. The van der Waals surface area contributed by atoms with Crippen LogP contribution in [-0.2, 0) is 0 Å². The van der Waals surface area contributed by atoms with Gasteiger partial charge in [-0.15, -0.1) is 0 Å². The first-order valence-corrected chi connectivity index (χ1v) is 9.06. The first-order chi connectivity index (χ1) is 13.4. The van der Waals surface area contributed by atoms with Crippen LogP contribution in [0.25, 0.3) is 22.0 Å². The standard InChI is InChI=1S/C20H20FN5O2/c1-12-3-4-15(21)17-14(12)9-16(24-19(17)27)13-10-22-18(23-11-13)20(28)26-7-5-25(2)6-8-26/h3-4,9-11H,5-8H2,1-2H3,(H,24,27). The summed E-state index contributed by atoms with van der Waals surface area (Å²) in [7, 11) is 2.02. The Kier molecular flexibility index (Phi) is 4.64. The van der Waals surface area contributed by atoms with Gasteiger partial charge in [0.25, 0.3) is 11.5 Å². The van der Waals surface area contributed by atoms with Crippen molar-refractivity contribution in [2.75, 3.05) is 33.2 Å². The molecule has 1 aliphatic heterocycles. The lowest BCUT2D eigenvalue weighted by molar-refractivity contribution is 0.0652. The summed E-state index contributed by atoms with van der Waals surface area (Å²) in [5.74, 6) is -0.638. The third kappa shape index (κ3) is 3.27. The molecule has 28 heavy (non-hydrogen) atoms. The van der Waals surface area contributed by atoms with Crippen molar-refractivity contribution in [3.05, 3.63) is 58.2 Å². The molecule has 0 saturated carbocycles. The molecule has 0 aliphatic carbocycles. The summed E-state index contributed by atoms with van der Waals surface area (Å²) in [6.07, 6.45) is 3.00. The molecule has 0 atom stereocenters. The SMILES string of the molecule is Cc1ccc(F)c2c(=O)[nH]c(-c3cnc(C(=O)N4CCN(C)CC4)nc3)cc12. The van der Waals surface area contributed by atoms with Crippen LogP contribution in [0.15, 0.2) is 35.4 Å². The summed E-state index contributed by atoms with van der Waals surface area (Å²) in [6, 6.07) is 4.62. The number of hydrogen-bond donors (Lipinski definition) is 1. The first-order valence-electron chi connectivity index (χ1n) is 9.06. The van der Waals surface area contributed by atoms with Crippen LogP contribution >= 0.6 is 0 Å². The third-order valence-corrected chi connectivity index (χ3v) is 5.12. The zero-order valence-electron chi connectivity index (χ0n) is 15.7. The minimum atomic E-state index is -0.558. The maximum absolute atomic E-state index is 14.0. The number of rotatable bonds is 2. The van der Waals surface area contributed by atoms with Crippen molar-refractivity contribution in [2.24, 2.45) is 0 Å². The number of nitrogens with zero attached hydrogens (tertiary/aromatic N) is 4. The molecule has 1 N–H and O–H groups in total.